The third-order valence-electron chi connectivity index (χ3n) is 2.93. The molecule has 1 heterocycles. The second-order valence-corrected chi connectivity index (χ2v) is 6.47. The number of rotatable bonds is 6. The molecular weight excluding hydrogens is 272 g/mol. The Kier molecular flexibility index (Phi) is 5.75. The van der Waals surface area contributed by atoms with Crippen LogP contribution in [0.3, 0.4) is 0 Å². The Morgan fingerprint density at radius 1 is 1.48 bits per heavy atom. The second kappa shape index (κ2) is 7.10. The molecule has 0 spiro atoms. The van der Waals surface area contributed by atoms with Crippen LogP contribution in [-0.2, 0) is 11.3 Å². The van der Waals surface area contributed by atoms with E-state index < -0.39 is 5.97 Å². The number of nitrogens with one attached hydrogen (secondary N) is 2. The normalized spacial score (nSPS) is 12.8. The molecule has 0 radical (unpaired) electrons. The van der Waals surface area contributed by atoms with Crippen molar-refractivity contribution in [3.63, 3.8) is 0 Å². The van der Waals surface area contributed by atoms with Crippen LogP contribution >= 0.6 is 0 Å². The Balaban J connectivity index is 2.59. The first kappa shape index (κ1) is 17.0. The summed E-state index contributed by atoms with van der Waals surface area (Å²) in [5.74, 6) is -0.915. The van der Waals surface area contributed by atoms with Gasteiger partial charge in [0.2, 0.25) is 0 Å². The van der Waals surface area contributed by atoms with Crippen molar-refractivity contribution >= 4 is 12.0 Å². The summed E-state index contributed by atoms with van der Waals surface area (Å²) in [6, 6.07) is -0.673. The van der Waals surface area contributed by atoms with Crippen LogP contribution in [0.25, 0.3) is 0 Å². The maximum Gasteiger partial charge on any atom is 0.317 e. The second-order valence-electron chi connectivity index (χ2n) is 6.47. The van der Waals surface area contributed by atoms with Crippen LogP contribution in [0.1, 0.15) is 39.2 Å². The third kappa shape index (κ3) is 6.78. The fourth-order valence-corrected chi connectivity index (χ4v) is 2.12. The zero-order chi connectivity index (χ0) is 16.0. The first-order valence-corrected chi connectivity index (χ1v) is 6.88. The first-order chi connectivity index (χ1) is 9.67. The molecule has 0 bridgehead atoms. The van der Waals surface area contributed by atoms with Gasteiger partial charge in [0.1, 0.15) is 0 Å². The standard InChI is InChI=1S/C14H24N4O3/c1-14(2,3)6-11(5-12(19)20)17-13(21)18(4)9-10-7-15-16-8-10/h7-8,11H,5-6,9H2,1-4H3,(H,15,16)(H,17,21)(H,19,20). The number of aromatic nitrogens is 2. The summed E-state index contributed by atoms with van der Waals surface area (Å²) in [6.45, 7) is 6.47. The summed E-state index contributed by atoms with van der Waals surface area (Å²) in [4.78, 5) is 24.6. The van der Waals surface area contributed by atoms with Crippen molar-refractivity contribution in [3.05, 3.63) is 18.0 Å². The molecule has 0 saturated heterocycles. The molecule has 118 valence electrons. The third-order valence-corrected chi connectivity index (χ3v) is 2.93. The van der Waals surface area contributed by atoms with E-state index in [1.54, 1.807) is 19.4 Å². The van der Waals surface area contributed by atoms with Gasteiger partial charge in [-0.1, -0.05) is 20.8 Å². The fraction of sp³-hybridized carbons (Fsp3) is 0.643. The molecule has 0 aromatic carbocycles. The van der Waals surface area contributed by atoms with Gasteiger partial charge in [0.25, 0.3) is 0 Å². The van der Waals surface area contributed by atoms with Crippen molar-refractivity contribution < 1.29 is 14.7 Å². The lowest BCUT2D eigenvalue weighted by molar-refractivity contribution is -0.137. The minimum atomic E-state index is -0.915. The number of carboxylic acids is 1. The summed E-state index contributed by atoms with van der Waals surface area (Å²) < 4.78 is 0. The maximum absolute atomic E-state index is 12.1. The molecule has 0 aliphatic heterocycles. The number of urea groups is 1. The lowest BCUT2D eigenvalue weighted by Crippen LogP contribution is -2.45. The number of carbonyl (C=O) groups is 2. The van der Waals surface area contributed by atoms with Gasteiger partial charge >= 0.3 is 12.0 Å². The predicted octanol–water partition coefficient (Wildman–Crippen LogP) is 1.83. The number of nitrogens with zero attached hydrogens (tertiary/aromatic N) is 2. The number of amides is 2. The molecule has 0 fully saturated rings. The average molecular weight is 296 g/mol. The number of hydrogen-bond acceptors (Lipinski definition) is 3. The van der Waals surface area contributed by atoms with Crippen molar-refractivity contribution in [2.75, 3.05) is 7.05 Å². The van der Waals surface area contributed by atoms with Crippen molar-refractivity contribution in [1.82, 2.24) is 20.4 Å². The van der Waals surface area contributed by atoms with Crippen LogP contribution in [0.2, 0.25) is 0 Å². The molecule has 2 amide bonds. The van der Waals surface area contributed by atoms with E-state index >= 15 is 0 Å². The van der Waals surface area contributed by atoms with Gasteiger partial charge in [-0.2, -0.15) is 5.10 Å². The highest BCUT2D eigenvalue weighted by Gasteiger charge is 2.24. The zero-order valence-corrected chi connectivity index (χ0v) is 13.0. The smallest absolute Gasteiger partial charge is 0.317 e. The van der Waals surface area contributed by atoms with E-state index in [0.29, 0.717) is 13.0 Å². The number of aromatic amines is 1. The molecule has 1 unspecified atom stereocenters. The maximum atomic E-state index is 12.1. The molecule has 7 nitrogen and oxygen atoms in total. The first-order valence-electron chi connectivity index (χ1n) is 6.88. The minimum Gasteiger partial charge on any atom is -0.481 e. The largest absolute Gasteiger partial charge is 0.481 e. The van der Waals surface area contributed by atoms with Crippen molar-refractivity contribution in [2.24, 2.45) is 5.41 Å². The van der Waals surface area contributed by atoms with Crippen LogP contribution in [0.5, 0.6) is 0 Å². The van der Waals surface area contributed by atoms with Crippen LogP contribution in [-0.4, -0.2) is 45.3 Å². The molecule has 1 atom stereocenters. The highest BCUT2D eigenvalue weighted by atomic mass is 16.4. The topological polar surface area (TPSA) is 98.3 Å². The van der Waals surface area contributed by atoms with Gasteiger partial charge in [-0.25, -0.2) is 4.79 Å². The van der Waals surface area contributed by atoms with E-state index in [4.69, 9.17) is 5.11 Å². The fourth-order valence-electron chi connectivity index (χ4n) is 2.12. The highest BCUT2D eigenvalue weighted by molar-refractivity contribution is 5.75. The lowest BCUT2D eigenvalue weighted by Gasteiger charge is -2.27. The van der Waals surface area contributed by atoms with Crippen molar-refractivity contribution in [3.8, 4) is 0 Å². The van der Waals surface area contributed by atoms with E-state index in [1.165, 1.54) is 4.90 Å². The minimum absolute atomic E-state index is 0.0590. The van der Waals surface area contributed by atoms with Crippen molar-refractivity contribution in [2.45, 2.75) is 46.2 Å². The number of H-pyrrole nitrogens is 1. The molecule has 3 N–H and O–H groups in total. The molecule has 1 aromatic rings. The number of carboxylic acid groups (broad SMARTS) is 1. The molecule has 21 heavy (non-hydrogen) atoms. The Morgan fingerprint density at radius 3 is 2.62 bits per heavy atom. The predicted molar refractivity (Wildman–Crippen MR) is 78.7 cm³/mol. The van der Waals surface area contributed by atoms with Gasteiger partial charge in [-0.15, -0.1) is 0 Å². The van der Waals surface area contributed by atoms with Crippen molar-refractivity contribution in [1.29, 1.82) is 0 Å². The van der Waals surface area contributed by atoms with Gasteiger partial charge in [0.05, 0.1) is 19.2 Å². The van der Waals surface area contributed by atoms with Gasteiger partial charge in [0, 0.05) is 24.8 Å². The van der Waals surface area contributed by atoms with E-state index in [-0.39, 0.29) is 23.9 Å². The molecule has 0 aliphatic rings. The molecule has 0 aliphatic carbocycles. The van der Waals surface area contributed by atoms with E-state index in [1.807, 2.05) is 20.8 Å². The monoisotopic (exact) mass is 296 g/mol. The lowest BCUT2D eigenvalue weighted by atomic mass is 9.87. The van der Waals surface area contributed by atoms with Gasteiger partial charge in [-0.05, 0) is 11.8 Å². The summed E-state index contributed by atoms with van der Waals surface area (Å²) in [5.41, 5.74) is 0.828. The van der Waals surface area contributed by atoms with Gasteiger partial charge in [-0.3, -0.25) is 9.89 Å². The van der Waals surface area contributed by atoms with Crippen LogP contribution in [0.4, 0.5) is 4.79 Å². The summed E-state index contributed by atoms with van der Waals surface area (Å²) in [5, 5.41) is 18.3. The van der Waals surface area contributed by atoms with Gasteiger partial charge < -0.3 is 15.3 Å². The van der Waals surface area contributed by atoms with Crippen LogP contribution in [0.15, 0.2) is 12.4 Å². The average Bonchev–Trinajstić information content (AvgIpc) is 2.78. The molecule has 7 heteroatoms. The molecular formula is C14H24N4O3. The van der Waals surface area contributed by atoms with Gasteiger partial charge in [0.15, 0.2) is 0 Å². The SMILES string of the molecule is CN(Cc1cn[nH]c1)C(=O)NC(CC(=O)O)CC(C)(C)C. The Labute approximate surface area is 124 Å². The van der Waals surface area contributed by atoms with E-state index in [0.717, 1.165) is 5.56 Å². The Morgan fingerprint density at radius 2 is 2.14 bits per heavy atom. The van der Waals surface area contributed by atoms with E-state index in [9.17, 15) is 9.59 Å². The summed E-state index contributed by atoms with van der Waals surface area (Å²) in [6.07, 6.45) is 3.88. The number of aliphatic carboxylic acids is 1. The Bertz CT molecular complexity index is 465. The van der Waals surface area contributed by atoms with Crippen LogP contribution < -0.4 is 5.32 Å². The number of hydrogen-bond donors (Lipinski definition) is 3. The molecule has 1 rings (SSSR count). The molecule has 0 saturated carbocycles. The quantitative estimate of drug-likeness (QED) is 0.746. The van der Waals surface area contributed by atoms with E-state index in [2.05, 4.69) is 15.5 Å². The summed E-state index contributed by atoms with van der Waals surface area (Å²) >= 11 is 0. The van der Waals surface area contributed by atoms with Crippen LogP contribution in [0, 0.1) is 5.41 Å². The number of carbonyl (C=O) groups excluding carboxylic acids is 1. The molecule has 1 aromatic heterocycles. The Hall–Kier alpha value is -2.05. The highest BCUT2D eigenvalue weighted by Crippen LogP contribution is 2.22. The zero-order valence-electron chi connectivity index (χ0n) is 13.0. The summed E-state index contributed by atoms with van der Waals surface area (Å²) in [7, 11) is 1.66.